The van der Waals surface area contributed by atoms with Gasteiger partial charge in [0.15, 0.2) is 6.39 Å². The Labute approximate surface area is 120 Å². The van der Waals surface area contributed by atoms with Gasteiger partial charge < -0.3 is 14.3 Å². The number of fused-ring (bicyclic) bond motifs is 1. The van der Waals surface area contributed by atoms with E-state index in [1.807, 2.05) is 24.3 Å². The van der Waals surface area contributed by atoms with E-state index in [1.54, 1.807) is 19.1 Å². The van der Waals surface area contributed by atoms with Crippen LogP contribution in [0, 0.1) is 6.92 Å². The number of carboxylic acid groups (broad SMARTS) is 1. The van der Waals surface area contributed by atoms with E-state index in [1.165, 1.54) is 6.39 Å². The second kappa shape index (κ2) is 5.28. The maximum absolute atomic E-state index is 11.4. The van der Waals surface area contributed by atoms with Gasteiger partial charge in [-0.2, -0.15) is 0 Å². The molecule has 1 heterocycles. The molecule has 0 atom stereocenters. The number of aromatic nitrogens is 1. The minimum absolute atomic E-state index is 0.134. The van der Waals surface area contributed by atoms with E-state index in [2.05, 4.69) is 4.98 Å². The van der Waals surface area contributed by atoms with Gasteiger partial charge in [0.05, 0.1) is 0 Å². The van der Waals surface area contributed by atoms with Crippen LogP contribution in [0.1, 0.15) is 21.8 Å². The lowest BCUT2D eigenvalue weighted by atomic mass is 10.1. The number of aromatic carboxylic acids is 1. The summed E-state index contributed by atoms with van der Waals surface area (Å²) >= 11 is 0. The van der Waals surface area contributed by atoms with Gasteiger partial charge >= 0.3 is 5.97 Å². The Morgan fingerprint density at radius 1 is 1.29 bits per heavy atom. The van der Waals surface area contributed by atoms with Crippen molar-refractivity contribution < 1.29 is 19.1 Å². The van der Waals surface area contributed by atoms with Crippen molar-refractivity contribution in [2.75, 3.05) is 0 Å². The average Bonchev–Trinajstić information content (AvgIpc) is 2.89. The van der Waals surface area contributed by atoms with Crippen molar-refractivity contribution in [3.05, 3.63) is 59.8 Å². The monoisotopic (exact) mass is 283 g/mol. The Hall–Kier alpha value is -2.82. The van der Waals surface area contributed by atoms with E-state index < -0.39 is 5.97 Å². The van der Waals surface area contributed by atoms with Crippen molar-refractivity contribution in [1.29, 1.82) is 0 Å². The molecular weight excluding hydrogens is 270 g/mol. The predicted octanol–water partition coefficient (Wildman–Crippen LogP) is 3.41. The van der Waals surface area contributed by atoms with Crippen LogP contribution in [0.15, 0.2) is 47.2 Å². The summed E-state index contributed by atoms with van der Waals surface area (Å²) < 4.78 is 10.7. The topological polar surface area (TPSA) is 72.6 Å². The van der Waals surface area contributed by atoms with Crippen molar-refractivity contribution in [3.8, 4) is 5.75 Å². The molecule has 0 saturated heterocycles. The number of carboxylic acids is 1. The molecule has 0 radical (unpaired) electrons. The first-order valence-electron chi connectivity index (χ1n) is 6.43. The van der Waals surface area contributed by atoms with Crippen molar-refractivity contribution in [2.45, 2.75) is 13.5 Å². The number of hydrogen-bond acceptors (Lipinski definition) is 4. The minimum Gasteiger partial charge on any atom is -0.486 e. The quantitative estimate of drug-likeness (QED) is 0.794. The molecule has 0 unspecified atom stereocenters. The van der Waals surface area contributed by atoms with Crippen LogP contribution in [0.25, 0.3) is 10.8 Å². The van der Waals surface area contributed by atoms with Crippen molar-refractivity contribution >= 4 is 16.7 Å². The number of benzene rings is 2. The zero-order valence-electron chi connectivity index (χ0n) is 11.4. The normalized spacial score (nSPS) is 10.7. The second-order valence-electron chi connectivity index (χ2n) is 4.64. The highest BCUT2D eigenvalue weighted by Crippen LogP contribution is 2.27. The number of carbonyl (C=O) groups is 1. The van der Waals surface area contributed by atoms with Crippen molar-refractivity contribution in [2.24, 2.45) is 0 Å². The van der Waals surface area contributed by atoms with Crippen LogP contribution in [-0.4, -0.2) is 16.1 Å². The summed E-state index contributed by atoms with van der Waals surface area (Å²) in [5.74, 6) is -0.0381. The van der Waals surface area contributed by atoms with Gasteiger partial charge in [-0.1, -0.05) is 24.3 Å². The first-order chi connectivity index (χ1) is 10.1. The highest BCUT2D eigenvalue weighted by Gasteiger charge is 2.14. The Kier molecular flexibility index (Phi) is 3.31. The lowest BCUT2D eigenvalue weighted by Gasteiger charge is -2.10. The molecule has 0 amide bonds. The van der Waals surface area contributed by atoms with Gasteiger partial charge in [0, 0.05) is 0 Å². The molecule has 106 valence electrons. The fraction of sp³-hybridized carbons (Fsp3) is 0.125. The number of aryl methyl sites for hydroxylation is 1. The molecule has 5 heteroatoms. The van der Waals surface area contributed by atoms with Crippen LogP contribution in [0.5, 0.6) is 5.75 Å². The molecule has 0 bridgehead atoms. The van der Waals surface area contributed by atoms with Gasteiger partial charge in [0.1, 0.15) is 29.4 Å². The Bertz CT molecular complexity index is 807. The van der Waals surface area contributed by atoms with Gasteiger partial charge in [0.2, 0.25) is 0 Å². The van der Waals surface area contributed by atoms with E-state index in [-0.39, 0.29) is 12.2 Å². The van der Waals surface area contributed by atoms with Gasteiger partial charge in [-0.15, -0.1) is 0 Å². The summed E-state index contributed by atoms with van der Waals surface area (Å²) in [4.78, 5) is 15.4. The van der Waals surface area contributed by atoms with E-state index in [0.29, 0.717) is 17.2 Å². The van der Waals surface area contributed by atoms with E-state index in [9.17, 15) is 9.90 Å². The van der Waals surface area contributed by atoms with Gasteiger partial charge in [0.25, 0.3) is 0 Å². The predicted molar refractivity (Wildman–Crippen MR) is 76.5 cm³/mol. The lowest BCUT2D eigenvalue weighted by Crippen LogP contribution is -2.04. The summed E-state index contributed by atoms with van der Waals surface area (Å²) in [7, 11) is 0. The Balaban J connectivity index is 1.97. The van der Waals surface area contributed by atoms with Crippen molar-refractivity contribution in [3.63, 3.8) is 0 Å². The highest BCUT2D eigenvalue weighted by atomic mass is 16.5. The largest absolute Gasteiger partial charge is 0.486 e. The van der Waals surface area contributed by atoms with E-state index >= 15 is 0 Å². The molecule has 3 aromatic rings. The van der Waals surface area contributed by atoms with Crippen LogP contribution in [0.2, 0.25) is 0 Å². The minimum atomic E-state index is -1.02. The summed E-state index contributed by atoms with van der Waals surface area (Å²) in [6.07, 6.45) is 1.34. The van der Waals surface area contributed by atoms with Crippen LogP contribution < -0.4 is 4.74 Å². The third-order valence-electron chi connectivity index (χ3n) is 3.29. The summed E-state index contributed by atoms with van der Waals surface area (Å²) in [5, 5.41) is 11.1. The standard InChI is InChI=1S/C16H13NO4/c1-10-14(17-9-21-10)8-20-15-7-12-5-3-2-4-11(12)6-13(15)16(18)19/h2-7,9H,8H2,1H3,(H,18,19). The third kappa shape index (κ3) is 2.58. The van der Waals surface area contributed by atoms with E-state index in [4.69, 9.17) is 9.15 Å². The number of oxazole rings is 1. The smallest absolute Gasteiger partial charge is 0.339 e. The maximum Gasteiger partial charge on any atom is 0.339 e. The lowest BCUT2D eigenvalue weighted by molar-refractivity contribution is 0.0692. The Morgan fingerprint density at radius 3 is 2.62 bits per heavy atom. The zero-order valence-corrected chi connectivity index (χ0v) is 11.4. The van der Waals surface area contributed by atoms with Crippen LogP contribution in [0.3, 0.4) is 0 Å². The molecule has 2 aromatic carbocycles. The fourth-order valence-electron chi connectivity index (χ4n) is 2.12. The SMILES string of the molecule is Cc1ocnc1COc1cc2ccccc2cc1C(=O)O. The van der Waals surface area contributed by atoms with Crippen LogP contribution >= 0.6 is 0 Å². The number of nitrogens with zero attached hydrogens (tertiary/aromatic N) is 1. The van der Waals surface area contributed by atoms with Gasteiger partial charge in [-0.25, -0.2) is 9.78 Å². The first kappa shape index (κ1) is 13.2. The molecule has 0 aliphatic carbocycles. The molecule has 0 saturated carbocycles. The summed E-state index contributed by atoms with van der Waals surface area (Å²) in [6, 6.07) is 10.9. The molecule has 0 spiro atoms. The molecule has 21 heavy (non-hydrogen) atoms. The van der Waals surface area contributed by atoms with E-state index in [0.717, 1.165) is 10.8 Å². The highest BCUT2D eigenvalue weighted by molar-refractivity contribution is 5.97. The number of hydrogen-bond donors (Lipinski definition) is 1. The molecule has 0 aliphatic rings. The Morgan fingerprint density at radius 2 is 2.00 bits per heavy atom. The zero-order chi connectivity index (χ0) is 14.8. The molecule has 5 nitrogen and oxygen atoms in total. The average molecular weight is 283 g/mol. The van der Waals surface area contributed by atoms with Gasteiger partial charge in [-0.05, 0) is 29.8 Å². The van der Waals surface area contributed by atoms with Crippen LogP contribution in [-0.2, 0) is 6.61 Å². The summed E-state index contributed by atoms with van der Waals surface area (Å²) in [5.41, 5.74) is 0.786. The number of rotatable bonds is 4. The molecule has 0 fully saturated rings. The third-order valence-corrected chi connectivity index (χ3v) is 3.29. The summed E-state index contributed by atoms with van der Waals surface area (Å²) in [6.45, 7) is 1.95. The first-order valence-corrected chi connectivity index (χ1v) is 6.43. The second-order valence-corrected chi connectivity index (χ2v) is 4.64. The molecule has 1 aromatic heterocycles. The molecular formula is C16H13NO4. The molecule has 1 N–H and O–H groups in total. The fourth-order valence-corrected chi connectivity index (χ4v) is 2.12. The molecule has 3 rings (SSSR count). The number of ether oxygens (including phenoxy) is 1. The van der Waals surface area contributed by atoms with Crippen LogP contribution in [0.4, 0.5) is 0 Å². The van der Waals surface area contributed by atoms with Crippen molar-refractivity contribution in [1.82, 2.24) is 4.98 Å². The van der Waals surface area contributed by atoms with Gasteiger partial charge in [-0.3, -0.25) is 0 Å². The maximum atomic E-state index is 11.4. The molecule has 0 aliphatic heterocycles.